The van der Waals surface area contributed by atoms with E-state index >= 15 is 0 Å². The number of ether oxygens (including phenoxy) is 1. The number of carbonyl (C=O) groups is 2. The second-order valence-corrected chi connectivity index (χ2v) is 9.57. The van der Waals surface area contributed by atoms with Gasteiger partial charge in [-0.1, -0.05) is 123 Å². The van der Waals surface area contributed by atoms with E-state index in [4.69, 9.17) is 4.74 Å². The molecule has 0 aromatic rings. The fourth-order valence-corrected chi connectivity index (χ4v) is 3.96. The lowest BCUT2D eigenvalue weighted by Gasteiger charge is -2.13. The average molecular weight is 454 g/mol. The molecule has 0 rings (SSSR count). The van der Waals surface area contributed by atoms with Crippen LogP contribution in [0.5, 0.6) is 0 Å². The molecule has 0 heterocycles. The van der Waals surface area contributed by atoms with Crippen molar-refractivity contribution in [1.29, 1.82) is 0 Å². The summed E-state index contributed by atoms with van der Waals surface area (Å²) in [6.07, 6.45) is 24.6. The van der Waals surface area contributed by atoms with Gasteiger partial charge in [0.05, 0.1) is 13.2 Å². The molecule has 0 radical (unpaired) electrons. The van der Waals surface area contributed by atoms with E-state index in [1.54, 1.807) is 6.92 Å². The molecular weight excluding hydrogens is 398 g/mol. The SMILES string of the molecule is CCCCCCCCCCCCCC(=O)CNC(C)C(=O)OCCCCCCCCCC. The lowest BCUT2D eigenvalue weighted by atomic mass is 10.0. The van der Waals surface area contributed by atoms with Crippen molar-refractivity contribution in [3.05, 3.63) is 0 Å². The molecule has 190 valence electrons. The Balaban J connectivity index is 3.46. The number of hydrogen-bond acceptors (Lipinski definition) is 4. The summed E-state index contributed by atoms with van der Waals surface area (Å²) < 4.78 is 5.34. The summed E-state index contributed by atoms with van der Waals surface area (Å²) in [5.41, 5.74) is 0. The summed E-state index contributed by atoms with van der Waals surface area (Å²) in [4.78, 5) is 24.1. The van der Waals surface area contributed by atoms with Gasteiger partial charge in [-0.25, -0.2) is 0 Å². The molecule has 0 amide bonds. The number of nitrogens with one attached hydrogen (secondary N) is 1. The van der Waals surface area contributed by atoms with Crippen molar-refractivity contribution < 1.29 is 14.3 Å². The van der Waals surface area contributed by atoms with Crippen LogP contribution in [0.25, 0.3) is 0 Å². The molecule has 1 unspecified atom stereocenters. The number of rotatable bonds is 25. The van der Waals surface area contributed by atoms with Gasteiger partial charge in [-0.2, -0.15) is 0 Å². The number of Topliss-reactive ketones (excluding diaryl/α,β-unsaturated/α-hetero) is 1. The molecule has 1 N–H and O–H groups in total. The first-order chi connectivity index (χ1) is 15.6. The summed E-state index contributed by atoms with van der Waals surface area (Å²) in [6, 6.07) is -0.412. The van der Waals surface area contributed by atoms with Gasteiger partial charge in [-0.15, -0.1) is 0 Å². The fraction of sp³-hybridized carbons (Fsp3) is 0.929. The predicted octanol–water partition coefficient (Wildman–Crippen LogP) is 7.92. The Labute approximate surface area is 200 Å². The zero-order chi connectivity index (χ0) is 23.7. The minimum absolute atomic E-state index is 0.198. The van der Waals surface area contributed by atoms with E-state index in [9.17, 15) is 9.59 Å². The molecule has 1 atom stereocenters. The first kappa shape index (κ1) is 31.1. The summed E-state index contributed by atoms with van der Waals surface area (Å²) >= 11 is 0. The average Bonchev–Trinajstić information content (AvgIpc) is 2.79. The molecule has 0 spiro atoms. The van der Waals surface area contributed by atoms with Crippen molar-refractivity contribution in [3.8, 4) is 0 Å². The largest absolute Gasteiger partial charge is 0.465 e. The monoisotopic (exact) mass is 453 g/mol. The van der Waals surface area contributed by atoms with Crippen LogP contribution in [0, 0.1) is 0 Å². The van der Waals surface area contributed by atoms with Crippen LogP contribution in [0.3, 0.4) is 0 Å². The molecule has 0 saturated carbocycles. The van der Waals surface area contributed by atoms with Gasteiger partial charge in [0.25, 0.3) is 0 Å². The Morgan fingerprint density at radius 3 is 1.50 bits per heavy atom. The Bertz CT molecular complexity index is 425. The second-order valence-electron chi connectivity index (χ2n) is 9.57. The van der Waals surface area contributed by atoms with E-state index in [0.29, 0.717) is 13.0 Å². The van der Waals surface area contributed by atoms with Crippen molar-refractivity contribution in [3.63, 3.8) is 0 Å². The van der Waals surface area contributed by atoms with Crippen molar-refractivity contribution in [2.45, 2.75) is 155 Å². The molecule has 0 aromatic heterocycles. The minimum atomic E-state index is -0.412. The van der Waals surface area contributed by atoms with E-state index in [1.165, 1.54) is 96.3 Å². The zero-order valence-corrected chi connectivity index (χ0v) is 21.9. The van der Waals surface area contributed by atoms with Crippen LogP contribution in [0.2, 0.25) is 0 Å². The first-order valence-corrected chi connectivity index (χ1v) is 14.0. The van der Waals surface area contributed by atoms with E-state index in [-0.39, 0.29) is 18.3 Å². The lowest BCUT2D eigenvalue weighted by molar-refractivity contribution is -0.145. The summed E-state index contributed by atoms with van der Waals surface area (Å²) in [7, 11) is 0. The highest BCUT2D eigenvalue weighted by Crippen LogP contribution is 2.12. The Hall–Kier alpha value is -0.900. The minimum Gasteiger partial charge on any atom is -0.465 e. The predicted molar refractivity (Wildman–Crippen MR) is 137 cm³/mol. The molecule has 0 fully saturated rings. The van der Waals surface area contributed by atoms with Crippen molar-refractivity contribution >= 4 is 11.8 Å². The smallest absolute Gasteiger partial charge is 0.322 e. The number of hydrogen-bond donors (Lipinski definition) is 1. The maximum atomic E-state index is 12.0. The topological polar surface area (TPSA) is 55.4 Å². The van der Waals surface area contributed by atoms with Crippen LogP contribution >= 0.6 is 0 Å². The van der Waals surface area contributed by atoms with Gasteiger partial charge >= 0.3 is 5.97 Å². The quantitative estimate of drug-likeness (QED) is 0.113. The van der Waals surface area contributed by atoms with Gasteiger partial charge in [0.15, 0.2) is 0 Å². The van der Waals surface area contributed by atoms with Gasteiger partial charge in [-0.3, -0.25) is 14.9 Å². The summed E-state index contributed by atoms with van der Waals surface area (Å²) in [5, 5.41) is 3.03. The summed E-state index contributed by atoms with van der Waals surface area (Å²) in [6.45, 7) is 7.04. The van der Waals surface area contributed by atoms with Crippen LogP contribution in [-0.2, 0) is 14.3 Å². The third-order valence-corrected chi connectivity index (χ3v) is 6.26. The molecule has 0 aliphatic rings. The van der Waals surface area contributed by atoms with Gasteiger partial charge in [0.2, 0.25) is 0 Å². The third-order valence-electron chi connectivity index (χ3n) is 6.26. The normalized spacial score (nSPS) is 12.1. The fourth-order valence-electron chi connectivity index (χ4n) is 3.96. The molecule has 0 bridgehead atoms. The molecule has 0 aliphatic heterocycles. The van der Waals surface area contributed by atoms with E-state index in [2.05, 4.69) is 19.2 Å². The van der Waals surface area contributed by atoms with E-state index in [0.717, 1.165) is 25.7 Å². The van der Waals surface area contributed by atoms with Crippen LogP contribution in [0.1, 0.15) is 149 Å². The highest BCUT2D eigenvalue weighted by atomic mass is 16.5. The molecule has 4 heteroatoms. The van der Waals surface area contributed by atoms with Gasteiger partial charge in [0.1, 0.15) is 11.8 Å². The maximum Gasteiger partial charge on any atom is 0.322 e. The van der Waals surface area contributed by atoms with Crippen molar-refractivity contribution in [2.24, 2.45) is 0 Å². The summed E-state index contributed by atoms with van der Waals surface area (Å²) in [5.74, 6) is -0.0425. The number of ketones is 1. The van der Waals surface area contributed by atoms with E-state index < -0.39 is 6.04 Å². The molecule has 4 nitrogen and oxygen atoms in total. The lowest BCUT2D eigenvalue weighted by Crippen LogP contribution is -2.38. The molecule has 0 aliphatic carbocycles. The second kappa shape index (κ2) is 24.7. The van der Waals surface area contributed by atoms with Crippen LogP contribution in [0.4, 0.5) is 0 Å². The number of carbonyl (C=O) groups excluding carboxylic acids is 2. The standard InChI is InChI=1S/C28H55NO3/c1-4-6-8-10-12-14-15-16-17-19-21-23-27(30)25-29-26(3)28(31)32-24-22-20-18-13-11-9-7-5-2/h26,29H,4-25H2,1-3H3. The van der Waals surface area contributed by atoms with Crippen molar-refractivity contribution in [2.75, 3.05) is 13.2 Å². The zero-order valence-electron chi connectivity index (χ0n) is 21.9. The van der Waals surface area contributed by atoms with Crippen LogP contribution in [-0.4, -0.2) is 30.9 Å². The van der Waals surface area contributed by atoms with Gasteiger partial charge in [-0.05, 0) is 19.8 Å². The Morgan fingerprint density at radius 2 is 1.03 bits per heavy atom. The van der Waals surface area contributed by atoms with Crippen LogP contribution in [0.15, 0.2) is 0 Å². The highest BCUT2D eigenvalue weighted by molar-refractivity contribution is 5.82. The third kappa shape index (κ3) is 22.3. The molecular formula is C28H55NO3. The number of unbranched alkanes of at least 4 members (excludes halogenated alkanes) is 17. The van der Waals surface area contributed by atoms with Gasteiger partial charge < -0.3 is 4.74 Å². The Morgan fingerprint density at radius 1 is 0.625 bits per heavy atom. The highest BCUT2D eigenvalue weighted by Gasteiger charge is 2.14. The Kier molecular flexibility index (Phi) is 24.0. The molecule has 32 heavy (non-hydrogen) atoms. The first-order valence-electron chi connectivity index (χ1n) is 14.0. The number of esters is 1. The van der Waals surface area contributed by atoms with Crippen molar-refractivity contribution in [1.82, 2.24) is 5.32 Å². The maximum absolute atomic E-state index is 12.0. The molecule has 0 saturated heterocycles. The van der Waals surface area contributed by atoms with Gasteiger partial charge in [0, 0.05) is 6.42 Å². The van der Waals surface area contributed by atoms with E-state index in [1.807, 2.05) is 0 Å². The molecule has 0 aromatic carbocycles. The van der Waals surface area contributed by atoms with Crippen LogP contribution < -0.4 is 5.32 Å².